The van der Waals surface area contributed by atoms with Gasteiger partial charge in [-0.3, -0.25) is 9.69 Å². The fourth-order valence-corrected chi connectivity index (χ4v) is 2.64. The van der Waals surface area contributed by atoms with Crippen LogP contribution in [0.1, 0.15) is 16.1 Å². The van der Waals surface area contributed by atoms with Crippen LogP contribution in [0.25, 0.3) is 0 Å². The molecule has 1 aliphatic rings. The molecule has 3 rings (SSSR count). The number of carbonyl (C=O) groups is 1. The van der Waals surface area contributed by atoms with Crippen molar-refractivity contribution in [2.24, 2.45) is 0 Å². The summed E-state index contributed by atoms with van der Waals surface area (Å²) in [6, 6.07) is 6.76. The first-order valence-electron chi connectivity index (χ1n) is 7.46. The molecule has 0 atom stereocenters. The molecule has 7 heteroatoms. The third-order valence-corrected chi connectivity index (χ3v) is 3.94. The molecule has 0 spiro atoms. The second-order valence-electron chi connectivity index (χ2n) is 5.45. The van der Waals surface area contributed by atoms with Gasteiger partial charge in [0, 0.05) is 50.7 Å². The topological polar surface area (TPSA) is 75.3 Å². The SMILES string of the molecule is Nc1nccnc1C(=O)N1CCN(Cc2ccccc2F)CC1. The summed E-state index contributed by atoms with van der Waals surface area (Å²) < 4.78 is 13.7. The molecule has 1 aromatic heterocycles. The van der Waals surface area contributed by atoms with Crippen LogP contribution in [0.5, 0.6) is 0 Å². The predicted octanol–water partition coefficient (Wildman–Crippen LogP) is 1.16. The van der Waals surface area contributed by atoms with Gasteiger partial charge in [-0.2, -0.15) is 0 Å². The van der Waals surface area contributed by atoms with Crippen LogP contribution in [0.3, 0.4) is 0 Å². The molecule has 23 heavy (non-hydrogen) atoms. The fourth-order valence-electron chi connectivity index (χ4n) is 2.64. The van der Waals surface area contributed by atoms with Crippen LogP contribution in [-0.2, 0) is 6.54 Å². The van der Waals surface area contributed by atoms with Crippen LogP contribution in [0.2, 0.25) is 0 Å². The summed E-state index contributed by atoms with van der Waals surface area (Å²) in [5.74, 6) is -0.259. The number of rotatable bonds is 3. The number of anilines is 1. The number of nitrogens with zero attached hydrogens (tertiary/aromatic N) is 4. The van der Waals surface area contributed by atoms with E-state index < -0.39 is 0 Å². The standard InChI is InChI=1S/C16H18FN5O/c17-13-4-2-1-3-12(13)11-21-7-9-22(10-8-21)16(23)14-15(18)20-6-5-19-14/h1-6H,7-11H2,(H2,18,20). The van der Waals surface area contributed by atoms with Gasteiger partial charge in [-0.05, 0) is 6.07 Å². The molecule has 0 bridgehead atoms. The van der Waals surface area contributed by atoms with Crippen molar-refractivity contribution in [1.82, 2.24) is 19.8 Å². The van der Waals surface area contributed by atoms with Crippen LogP contribution in [0, 0.1) is 5.82 Å². The summed E-state index contributed by atoms with van der Waals surface area (Å²) in [6.45, 7) is 3.02. The van der Waals surface area contributed by atoms with E-state index in [-0.39, 0.29) is 23.2 Å². The van der Waals surface area contributed by atoms with Gasteiger partial charge >= 0.3 is 0 Å². The van der Waals surface area contributed by atoms with E-state index in [0.29, 0.717) is 38.3 Å². The van der Waals surface area contributed by atoms with E-state index in [1.54, 1.807) is 17.0 Å². The monoisotopic (exact) mass is 315 g/mol. The Kier molecular flexibility index (Phi) is 4.47. The highest BCUT2D eigenvalue weighted by Crippen LogP contribution is 2.14. The molecule has 6 nitrogen and oxygen atoms in total. The van der Waals surface area contributed by atoms with E-state index in [1.807, 2.05) is 6.07 Å². The van der Waals surface area contributed by atoms with Gasteiger partial charge in [-0.15, -0.1) is 0 Å². The predicted molar refractivity (Wildman–Crippen MR) is 84.0 cm³/mol. The Labute approximate surface area is 133 Å². The zero-order valence-corrected chi connectivity index (χ0v) is 12.7. The minimum atomic E-state index is -0.207. The third kappa shape index (κ3) is 3.45. The smallest absolute Gasteiger partial charge is 0.276 e. The third-order valence-electron chi connectivity index (χ3n) is 3.94. The molecule has 2 aromatic rings. The first-order valence-corrected chi connectivity index (χ1v) is 7.46. The Morgan fingerprint density at radius 1 is 1.13 bits per heavy atom. The number of hydrogen-bond donors (Lipinski definition) is 1. The molecular weight excluding hydrogens is 297 g/mol. The maximum Gasteiger partial charge on any atom is 0.276 e. The number of piperazine rings is 1. The average Bonchev–Trinajstić information content (AvgIpc) is 2.57. The molecule has 1 fully saturated rings. The number of aromatic nitrogens is 2. The maximum absolute atomic E-state index is 13.7. The van der Waals surface area contributed by atoms with E-state index in [2.05, 4.69) is 14.9 Å². The highest BCUT2D eigenvalue weighted by Gasteiger charge is 2.25. The Hall–Kier alpha value is -2.54. The largest absolute Gasteiger partial charge is 0.382 e. The molecule has 0 saturated carbocycles. The van der Waals surface area contributed by atoms with Crippen molar-refractivity contribution in [3.05, 3.63) is 53.7 Å². The van der Waals surface area contributed by atoms with Crippen LogP contribution < -0.4 is 5.73 Å². The van der Waals surface area contributed by atoms with Gasteiger partial charge < -0.3 is 10.6 Å². The summed E-state index contributed by atoms with van der Waals surface area (Å²) in [5.41, 5.74) is 6.56. The Bertz CT molecular complexity index is 700. The van der Waals surface area contributed by atoms with E-state index in [9.17, 15) is 9.18 Å². The molecule has 1 aromatic carbocycles. The minimum Gasteiger partial charge on any atom is -0.382 e. The van der Waals surface area contributed by atoms with Crippen LogP contribution in [-0.4, -0.2) is 51.9 Å². The normalized spacial score (nSPS) is 15.6. The fraction of sp³-hybridized carbons (Fsp3) is 0.312. The van der Waals surface area contributed by atoms with Gasteiger partial charge in [0.2, 0.25) is 0 Å². The summed E-state index contributed by atoms with van der Waals surface area (Å²) >= 11 is 0. The lowest BCUT2D eigenvalue weighted by Crippen LogP contribution is -2.48. The molecule has 0 unspecified atom stereocenters. The van der Waals surface area contributed by atoms with Crippen LogP contribution in [0.15, 0.2) is 36.7 Å². The van der Waals surface area contributed by atoms with Gasteiger partial charge in [0.1, 0.15) is 5.82 Å². The summed E-state index contributed by atoms with van der Waals surface area (Å²) in [6.07, 6.45) is 2.91. The summed E-state index contributed by atoms with van der Waals surface area (Å²) in [4.78, 5) is 24.1. The van der Waals surface area contributed by atoms with Crippen molar-refractivity contribution in [3.8, 4) is 0 Å². The number of hydrogen-bond acceptors (Lipinski definition) is 5. The molecule has 1 aliphatic heterocycles. The molecule has 120 valence electrons. The first-order chi connectivity index (χ1) is 11.1. The van der Waals surface area contributed by atoms with E-state index in [4.69, 9.17) is 5.73 Å². The summed E-state index contributed by atoms with van der Waals surface area (Å²) in [5, 5.41) is 0. The lowest BCUT2D eigenvalue weighted by atomic mass is 10.2. The Balaban J connectivity index is 1.59. The zero-order valence-electron chi connectivity index (χ0n) is 12.7. The van der Waals surface area contributed by atoms with Gasteiger partial charge in [0.05, 0.1) is 0 Å². The lowest BCUT2D eigenvalue weighted by molar-refractivity contribution is 0.0622. The molecule has 1 amide bonds. The Morgan fingerprint density at radius 3 is 2.52 bits per heavy atom. The van der Waals surface area contributed by atoms with Gasteiger partial charge in [-0.1, -0.05) is 18.2 Å². The van der Waals surface area contributed by atoms with Crippen LogP contribution >= 0.6 is 0 Å². The quantitative estimate of drug-likeness (QED) is 0.920. The van der Waals surface area contributed by atoms with Gasteiger partial charge in [0.15, 0.2) is 11.5 Å². The van der Waals surface area contributed by atoms with Crippen molar-refractivity contribution < 1.29 is 9.18 Å². The van der Waals surface area contributed by atoms with Crippen molar-refractivity contribution in [2.45, 2.75) is 6.54 Å². The second kappa shape index (κ2) is 6.70. The number of halogens is 1. The van der Waals surface area contributed by atoms with Crippen molar-refractivity contribution in [2.75, 3.05) is 31.9 Å². The van der Waals surface area contributed by atoms with Crippen molar-refractivity contribution >= 4 is 11.7 Å². The molecule has 2 heterocycles. The number of amides is 1. The van der Waals surface area contributed by atoms with E-state index in [0.717, 1.165) is 0 Å². The van der Waals surface area contributed by atoms with Crippen LogP contribution in [0.4, 0.5) is 10.2 Å². The maximum atomic E-state index is 13.7. The van der Waals surface area contributed by atoms with Gasteiger partial charge in [0.25, 0.3) is 5.91 Å². The molecule has 1 saturated heterocycles. The van der Waals surface area contributed by atoms with E-state index >= 15 is 0 Å². The lowest BCUT2D eigenvalue weighted by Gasteiger charge is -2.34. The Morgan fingerprint density at radius 2 is 1.83 bits per heavy atom. The average molecular weight is 315 g/mol. The summed E-state index contributed by atoms with van der Waals surface area (Å²) in [7, 11) is 0. The zero-order chi connectivity index (χ0) is 16.2. The molecule has 2 N–H and O–H groups in total. The van der Waals surface area contributed by atoms with Crippen molar-refractivity contribution in [1.29, 1.82) is 0 Å². The first kappa shape index (κ1) is 15.4. The second-order valence-corrected chi connectivity index (χ2v) is 5.45. The highest BCUT2D eigenvalue weighted by molar-refractivity contribution is 5.96. The van der Waals surface area contributed by atoms with Gasteiger partial charge in [-0.25, -0.2) is 14.4 Å². The number of benzene rings is 1. The minimum absolute atomic E-state index is 0.145. The molecule has 0 aliphatic carbocycles. The van der Waals surface area contributed by atoms with E-state index in [1.165, 1.54) is 18.5 Å². The molecule has 0 radical (unpaired) electrons. The number of nitrogens with two attached hydrogens (primary N) is 1. The molecular formula is C16H18FN5O. The number of nitrogen functional groups attached to an aromatic ring is 1. The number of carbonyl (C=O) groups excluding carboxylic acids is 1. The van der Waals surface area contributed by atoms with Crippen molar-refractivity contribution in [3.63, 3.8) is 0 Å². The highest BCUT2D eigenvalue weighted by atomic mass is 19.1.